The SMILES string of the molecule is CS(=O)(=O)N1CCN(c2csc(C(=O)O)c2)CC1. The van der Waals surface area contributed by atoms with E-state index < -0.39 is 16.0 Å². The smallest absolute Gasteiger partial charge is 0.345 e. The number of piperazine rings is 1. The summed E-state index contributed by atoms with van der Waals surface area (Å²) in [6, 6.07) is 1.63. The Kier molecular flexibility index (Phi) is 3.60. The van der Waals surface area contributed by atoms with Gasteiger partial charge < -0.3 is 10.0 Å². The highest BCUT2D eigenvalue weighted by molar-refractivity contribution is 7.88. The molecule has 1 aromatic rings. The van der Waals surface area contributed by atoms with Crippen molar-refractivity contribution in [3.05, 3.63) is 16.3 Å². The summed E-state index contributed by atoms with van der Waals surface area (Å²) in [6.07, 6.45) is 1.20. The van der Waals surface area contributed by atoms with Gasteiger partial charge in [-0.1, -0.05) is 0 Å². The summed E-state index contributed by atoms with van der Waals surface area (Å²) < 4.78 is 24.1. The Morgan fingerprint density at radius 3 is 2.39 bits per heavy atom. The van der Waals surface area contributed by atoms with Gasteiger partial charge in [-0.15, -0.1) is 11.3 Å². The number of anilines is 1. The molecule has 6 nitrogen and oxygen atoms in total. The molecule has 0 spiro atoms. The van der Waals surface area contributed by atoms with E-state index in [1.807, 2.05) is 4.90 Å². The summed E-state index contributed by atoms with van der Waals surface area (Å²) >= 11 is 1.18. The molecule has 0 bridgehead atoms. The molecular weight excluding hydrogens is 276 g/mol. The Morgan fingerprint density at radius 2 is 1.94 bits per heavy atom. The van der Waals surface area contributed by atoms with E-state index in [1.54, 1.807) is 11.4 Å². The van der Waals surface area contributed by atoms with Crippen LogP contribution in [0.4, 0.5) is 5.69 Å². The second-order valence-electron chi connectivity index (χ2n) is 4.12. The number of carboxylic acids is 1. The molecule has 1 N–H and O–H groups in total. The number of hydrogen-bond acceptors (Lipinski definition) is 5. The van der Waals surface area contributed by atoms with Crippen molar-refractivity contribution >= 4 is 33.0 Å². The lowest BCUT2D eigenvalue weighted by atomic mass is 10.3. The number of nitrogens with zero attached hydrogens (tertiary/aromatic N) is 2. The van der Waals surface area contributed by atoms with Crippen molar-refractivity contribution in [1.29, 1.82) is 0 Å². The Bertz CT molecular complexity index is 544. The van der Waals surface area contributed by atoms with Crippen LogP contribution in [0.5, 0.6) is 0 Å². The van der Waals surface area contributed by atoms with E-state index in [2.05, 4.69) is 0 Å². The Hall–Kier alpha value is -1.12. The average molecular weight is 290 g/mol. The molecule has 8 heteroatoms. The van der Waals surface area contributed by atoms with Gasteiger partial charge in [0.25, 0.3) is 0 Å². The van der Waals surface area contributed by atoms with Crippen molar-refractivity contribution in [3.8, 4) is 0 Å². The molecule has 1 aliphatic rings. The first-order chi connectivity index (χ1) is 8.38. The number of rotatable bonds is 3. The zero-order valence-electron chi connectivity index (χ0n) is 9.87. The number of carbonyl (C=O) groups is 1. The van der Waals surface area contributed by atoms with Crippen molar-refractivity contribution in [2.75, 3.05) is 37.3 Å². The average Bonchev–Trinajstić information content (AvgIpc) is 2.77. The fourth-order valence-electron chi connectivity index (χ4n) is 1.88. The molecule has 1 aliphatic heterocycles. The maximum Gasteiger partial charge on any atom is 0.345 e. The predicted octanol–water partition coefficient (Wildman–Crippen LogP) is 0.528. The van der Waals surface area contributed by atoms with E-state index >= 15 is 0 Å². The Morgan fingerprint density at radius 1 is 1.33 bits per heavy atom. The van der Waals surface area contributed by atoms with Crippen molar-refractivity contribution in [2.24, 2.45) is 0 Å². The van der Waals surface area contributed by atoms with Crippen molar-refractivity contribution < 1.29 is 18.3 Å². The summed E-state index contributed by atoms with van der Waals surface area (Å²) in [4.78, 5) is 13.1. The third-order valence-corrected chi connectivity index (χ3v) is 5.08. The lowest BCUT2D eigenvalue weighted by molar-refractivity contribution is 0.0702. The standard InChI is InChI=1S/C10H14N2O4S2/c1-18(15,16)12-4-2-11(3-5-12)8-6-9(10(13)14)17-7-8/h6-7H,2-5H2,1H3,(H,13,14). The van der Waals surface area contributed by atoms with Crippen LogP contribution in [-0.2, 0) is 10.0 Å². The van der Waals surface area contributed by atoms with Crippen LogP contribution in [-0.4, -0.2) is 56.2 Å². The quantitative estimate of drug-likeness (QED) is 0.878. The largest absolute Gasteiger partial charge is 0.477 e. The molecule has 1 fully saturated rings. The fourth-order valence-corrected chi connectivity index (χ4v) is 3.46. The minimum Gasteiger partial charge on any atom is -0.477 e. The molecule has 0 saturated carbocycles. The van der Waals surface area contributed by atoms with Crippen LogP contribution >= 0.6 is 11.3 Å². The summed E-state index contributed by atoms with van der Waals surface area (Å²) in [5.41, 5.74) is 0.852. The number of thiophene rings is 1. The molecule has 0 atom stereocenters. The van der Waals surface area contributed by atoms with Gasteiger partial charge in [-0.2, -0.15) is 4.31 Å². The van der Waals surface area contributed by atoms with E-state index in [-0.39, 0.29) is 0 Å². The molecule has 0 aromatic carbocycles. The third-order valence-electron chi connectivity index (χ3n) is 2.87. The molecule has 0 unspecified atom stereocenters. The monoisotopic (exact) mass is 290 g/mol. The number of aromatic carboxylic acids is 1. The first-order valence-electron chi connectivity index (χ1n) is 5.40. The van der Waals surface area contributed by atoms with E-state index in [0.29, 0.717) is 31.1 Å². The van der Waals surface area contributed by atoms with Gasteiger partial charge in [-0.25, -0.2) is 13.2 Å². The van der Waals surface area contributed by atoms with Gasteiger partial charge in [0.15, 0.2) is 0 Å². The maximum absolute atomic E-state index is 11.4. The summed E-state index contributed by atoms with van der Waals surface area (Å²) in [7, 11) is -3.12. The van der Waals surface area contributed by atoms with E-state index in [0.717, 1.165) is 5.69 Å². The van der Waals surface area contributed by atoms with Gasteiger partial charge in [0.2, 0.25) is 10.0 Å². The van der Waals surface area contributed by atoms with Crippen LogP contribution in [0.1, 0.15) is 9.67 Å². The highest BCUT2D eigenvalue weighted by atomic mass is 32.2. The minimum atomic E-state index is -3.12. The van der Waals surface area contributed by atoms with E-state index in [1.165, 1.54) is 21.9 Å². The van der Waals surface area contributed by atoms with Gasteiger partial charge in [0.05, 0.1) is 6.26 Å². The highest BCUT2D eigenvalue weighted by Crippen LogP contribution is 2.24. The minimum absolute atomic E-state index is 0.301. The third kappa shape index (κ3) is 2.82. The van der Waals surface area contributed by atoms with Crippen molar-refractivity contribution in [2.45, 2.75) is 0 Å². The van der Waals surface area contributed by atoms with Crippen LogP contribution in [0.15, 0.2) is 11.4 Å². The van der Waals surface area contributed by atoms with Crippen LogP contribution < -0.4 is 4.90 Å². The molecule has 0 aliphatic carbocycles. The van der Waals surface area contributed by atoms with Crippen LogP contribution in [0, 0.1) is 0 Å². The Balaban J connectivity index is 2.03. The molecule has 100 valence electrons. The molecule has 1 aromatic heterocycles. The first-order valence-corrected chi connectivity index (χ1v) is 8.12. The van der Waals surface area contributed by atoms with E-state index in [9.17, 15) is 13.2 Å². The molecule has 18 heavy (non-hydrogen) atoms. The number of sulfonamides is 1. The highest BCUT2D eigenvalue weighted by Gasteiger charge is 2.24. The van der Waals surface area contributed by atoms with Crippen LogP contribution in [0.3, 0.4) is 0 Å². The second kappa shape index (κ2) is 4.87. The lowest BCUT2D eigenvalue weighted by Crippen LogP contribution is -2.48. The molecule has 0 radical (unpaired) electrons. The van der Waals surface area contributed by atoms with Crippen LogP contribution in [0.25, 0.3) is 0 Å². The zero-order valence-corrected chi connectivity index (χ0v) is 11.5. The van der Waals surface area contributed by atoms with Gasteiger partial charge in [-0.3, -0.25) is 0 Å². The Labute approximate surface area is 109 Å². The summed E-state index contributed by atoms with van der Waals surface area (Å²) in [5.74, 6) is -0.930. The predicted molar refractivity (Wildman–Crippen MR) is 69.9 cm³/mol. The van der Waals surface area contributed by atoms with Crippen molar-refractivity contribution in [1.82, 2.24) is 4.31 Å². The second-order valence-corrected chi connectivity index (χ2v) is 7.02. The topological polar surface area (TPSA) is 77.9 Å². The van der Waals surface area contributed by atoms with Crippen LogP contribution in [0.2, 0.25) is 0 Å². The van der Waals surface area contributed by atoms with Crippen molar-refractivity contribution in [3.63, 3.8) is 0 Å². The summed E-state index contributed by atoms with van der Waals surface area (Å²) in [6.45, 7) is 2.06. The van der Waals surface area contributed by atoms with Gasteiger partial charge in [0.1, 0.15) is 4.88 Å². The molecule has 1 saturated heterocycles. The molecular formula is C10H14N2O4S2. The maximum atomic E-state index is 11.4. The van der Waals surface area contributed by atoms with Gasteiger partial charge in [-0.05, 0) is 6.07 Å². The molecule has 2 rings (SSSR count). The summed E-state index contributed by atoms with van der Waals surface area (Å²) in [5, 5.41) is 10.6. The normalized spacial score (nSPS) is 17.9. The number of hydrogen-bond donors (Lipinski definition) is 1. The van der Waals surface area contributed by atoms with E-state index in [4.69, 9.17) is 5.11 Å². The zero-order chi connectivity index (χ0) is 13.3. The number of carboxylic acid groups (broad SMARTS) is 1. The first kappa shape index (κ1) is 13.3. The van der Waals surface area contributed by atoms with Gasteiger partial charge >= 0.3 is 5.97 Å². The van der Waals surface area contributed by atoms with Gasteiger partial charge in [0, 0.05) is 37.2 Å². The fraction of sp³-hybridized carbons (Fsp3) is 0.500. The molecule has 2 heterocycles. The molecule has 0 amide bonds. The lowest BCUT2D eigenvalue weighted by Gasteiger charge is -2.34.